The highest BCUT2D eigenvalue weighted by atomic mass is 16.2. The zero-order valence-electron chi connectivity index (χ0n) is 17.6. The van der Waals surface area contributed by atoms with Gasteiger partial charge in [-0.05, 0) is 49.4 Å². The van der Waals surface area contributed by atoms with Gasteiger partial charge in [0.15, 0.2) is 0 Å². The Balaban J connectivity index is 1.99. The molecule has 0 unspecified atom stereocenters. The Morgan fingerprint density at radius 3 is 1.86 bits per heavy atom. The SMILES string of the molecule is CC(=O)[C@H](CNC(=O)c1ccc(-c2ccccc2)cc1)N[C@@H](CC(C)C)C(C)=O. The van der Waals surface area contributed by atoms with Crippen LogP contribution in [-0.2, 0) is 9.59 Å². The second kappa shape index (κ2) is 10.7. The number of rotatable bonds is 10. The number of ketones is 2. The molecule has 0 aromatic heterocycles. The van der Waals surface area contributed by atoms with E-state index in [4.69, 9.17) is 0 Å². The van der Waals surface area contributed by atoms with Crippen LogP contribution in [0.3, 0.4) is 0 Å². The van der Waals surface area contributed by atoms with Crippen molar-refractivity contribution in [1.82, 2.24) is 10.6 Å². The molecule has 2 aromatic carbocycles. The fourth-order valence-electron chi connectivity index (χ4n) is 3.13. The van der Waals surface area contributed by atoms with Crippen LogP contribution in [0.2, 0.25) is 0 Å². The Kier molecular flexibility index (Phi) is 8.28. The Morgan fingerprint density at radius 1 is 0.793 bits per heavy atom. The van der Waals surface area contributed by atoms with Gasteiger partial charge >= 0.3 is 0 Å². The quantitative estimate of drug-likeness (QED) is 0.645. The Labute approximate surface area is 172 Å². The minimum atomic E-state index is -0.602. The van der Waals surface area contributed by atoms with Gasteiger partial charge < -0.3 is 5.32 Å². The van der Waals surface area contributed by atoms with Gasteiger partial charge in [0.1, 0.15) is 11.6 Å². The third kappa shape index (κ3) is 6.95. The van der Waals surface area contributed by atoms with Crippen LogP contribution in [0, 0.1) is 5.92 Å². The molecule has 29 heavy (non-hydrogen) atoms. The third-order valence-electron chi connectivity index (χ3n) is 4.81. The van der Waals surface area contributed by atoms with Gasteiger partial charge in [-0.2, -0.15) is 0 Å². The topological polar surface area (TPSA) is 75.3 Å². The summed E-state index contributed by atoms with van der Waals surface area (Å²) in [7, 11) is 0. The molecular weight excluding hydrogens is 364 g/mol. The number of hydrogen-bond acceptors (Lipinski definition) is 4. The van der Waals surface area contributed by atoms with E-state index in [0.717, 1.165) is 11.1 Å². The molecule has 154 valence electrons. The van der Waals surface area contributed by atoms with E-state index in [1.165, 1.54) is 13.8 Å². The maximum Gasteiger partial charge on any atom is 0.251 e. The van der Waals surface area contributed by atoms with Gasteiger partial charge in [0.25, 0.3) is 5.91 Å². The van der Waals surface area contributed by atoms with Gasteiger partial charge in [0.05, 0.1) is 12.1 Å². The van der Waals surface area contributed by atoms with Crippen LogP contribution in [0.1, 0.15) is 44.5 Å². The van der Waals surface area contributed by atoms with Gasteiger partial charge in [-0.1, -0.05) is 56.3 Å². The van der Waals surface area contributed by atoms with Crippen LogP contribution >= 0.6 is 0 Å². The molecular formula is C24H30N2O3. The van der Waals surface area contributed by atoms with Crippen LogP contribution in [0.25, 0.3) is 11.1 Å². The second-order valence-corrected chi connectivity index (χ2v) is 7.78. The molecule has 2 aromatic rings. The number of benzene rings is 2. The van der Waals surface area contributed by atoms with E-state index in [1.807, 2.05) is 56.3 Å². The summed E-state index contributed by atoms with van der Waals surface area (Å²) >= 11 is 0. The first kappa shape index (κ1) is 22.5. The largest absolute Gasteiger partial charge is 0.350 e. The smallest absolute Gasteiger partial charge is 0.251 e. The first-order chi connectivity index (χ1) is 13.8. The highest BCUT2D eigenvalue weighted by Crippen LogP contribution is 2.19. The van der Waals surface area contributed by atoms with Gasteiger partial charge in [0, 0.05) is 12.1 Å². The zero-order valence-corrected chi connectivity index (χ0v) is 17.6. The molecule has 0 radical (unpaired) electrons. The fourth-order valence-corrected chi connectivity index (χ4v) is 3.13. The standard InChI is InChI=1S/C24H30N2O3/c1-16(2)14-22(17(3)27)26-23(18(4)28)15-25-24(29)21-12-10-20(11-13-21)19-8-6-5-7-9-19/h5-13,16,22-23,26H,14-15H2,1-4H3,(H,25,29)/t22-,23-/m0/s1. The van der Waals surface area contributed by atoms with Crippen molar-refractivity contribution in [2.45, 2.75) is 46.2 Å². The summed E-state index contributed by atoms with van der Waals surface area (Å²) in [5.41, 5.74) is 2.64. The van der Waals surface area contributed by atoms with E-state index < -0.39 is 12.1 Å². The highest BCUT2D eigenvalue weighted by Gasteiger charge is 2.23. The highest BCUT2D eigenvalue weighted by molar-refractivity contribution is 5.95. The summed E-state index contributed by atoms with van der Waals surface area (Å²) in [6.07, 6.45) is 0.647. The Hall–Kier alpha value is -2.79. The molecule has 2 atom stereocenters. The number of amides is 1. The fraction of sp³-hybridized carbons (Fsp3) is 0.375. The van der Waals surface area contributed by atoms with E-state index in [9.17, 15) is 14.4 Å². The molecule has 5 heteroatoms. The van der Waals surface area contributed by atoms with Crippen LogP contribution in [0.4, 0.5) is 0 Å². The molecule has 1 amide bonds. The summed E-state index contributed by atoms with van der Waals surface area (Å²) in [5.74, 6) is -0.0462. The predicted molar refractivity (Wildman–Crippen MR) is 116 cm³/mol. The van der Waals surface area contributed by atoms with Gasteiger partial charge in [-0.3, -0.25) is 19.7 Å². The van der Waals surface area contributed by atoms with Crippen molar-refractivity contribution in [3.05, 3.63) is 60.2 Å². The first-order valence-corrected chi connectivity index (χ1v) is 9.98. The lowest BCUT2D eigenvalue weighted by atomic mass is 9.99. The van der Waals surface area contributed by atoms with Crippen LogP contribution in [0.15, 0.2) is 54.6 Å². The van der Waals surface area contributed by atoms with Crippen molar-refractivity contribution in [2.75, 3.05) is 6.54 Å². The number of hydrogen-bond donors (Lipinski definition) is 2. The summed E-state index contributed by atoms with van der Waals surface area (Å²) in [5, 5.41) is 5.91. The number of Topliss-reactive ketones (excluding diaryl/α,β-unsaturated/α-hetero) is 2. The minimum Gasteiger partial charge on any atom is -0.350 e. The molecule has 2 N–H and O–H groups in total. The van der Waals surface area contributed by atoms with E-state index in [0.29, 0.717) is 17.9 Å². The molecule has 2 rings (SSSR count). The second-order valence-electron chi connectivity index (χ2n) is 7.78. The average molecular weight is 395 g/mol. The molecule has 0 bridgehead atoms. The monoisotopic (exact) mass is 394 g/mol. The van der Waals surface area contributed by atoms with Gasteiger partial charge in [-0.25, -0.2) is 0 Å². The predicted octanol–water partition coefficient (Wildman–Crippen LogP) is 3.63. The molecule has 0 saturated heterocycles. The molecule has 0 heterocycles. The Bertz CT molecular complexity index is 829. The van der Waals surface area contributed by atoms with Crippen LogP contribution < -0.4 is 10.6 Å². The average Bonchev–Trinajstić information content (AvgIpc) is 2.70. The molecule has 0 aliphatic heterocycles. The summed E-state index contributed by atoms with van der Waals surface area (Å²) in [6.45, 7) is 7.17. The van der Waals surface area contributed by atoms with Crippen molar-refractivity contribution in [2.24, 2.45) is 5.92 Å². The maximum atomic E-state index is 12.5. The van der Waals surface area contributed by atoms with Crippen molar-refractivity contribution in [1.29, 1.82) is 0 Å². The molecule has 0 aliphatic rings. The van der Waals surface area contributed by atoms with E-state index in [1.54, 1.807) is 12.1 Å². The van der Waals surface area contributed by atoms with Crippen molar-refractivity contribution >= 4 is 17.5 Å². The van der Waals surface area contributed by atoms with Crippen molar-refractivity contribution < 1.29 is 14.4 Å². The molecule has 0 fully saturated rings. The maximum absolute atomic E-state index is 12.5. The van der Waals surface area contributed by atoms with Gasteiger partial charge in [-0.15, -0.1) is 0 Å². The summed E-state index contributed by atoms with van der Waals surface area (Å²) in [6, 6.07) is 16.3. The van der Waals surface area contributed by atoms with E-state index in [2.05, 4.69) is 10.6 Å². The normalized spacial score (nSPS) is 13.0. The molecule has 0 spiro atoms. The molecule has 0 saturated carbocycles. The number of nitrogens with one attached hydrogen (secondary N) is 2. The zero-order chi connectivity index (χ0) is 21.4. The first-order valence-electron chi connectivity index (χ1n) is 9.98. The van der Waals surface area contributed by atoms with Gasteiger partial charge in [0.2, 0.25) is 0 Å². The number of carbonyl (C=O) groups excluding carboxylic acids is 3. The summed E-state index contributed by atoms with van der Waals surface area (Å²) < 4.78 is 0. The lowest BCUT2D eigenvalue weighted by Crippen LogP contribution is -2.51. The van der Waals surface area contributed by atoms with E-state index >= 15 is 0 Å². The molecule has 5 nitrogen and oxygen atoms in total. The third-order valence-corrected chi connectivity index (χ3v) is 4.81. The number of carbonyl (C=O) groups is 3. The van der Waals surface area contributed by atoms with Crippen LogP contribution in [0.5, 0.6) is 0 Å². The summed E-state index contributed by atoms with van der Waals surface area (Å²) in [4.78, 5) is 36.4. The minimum absolute atomic E-state index is 0.00669. The van der Waals surface area contributed by atoms with Crippen molar-refractivity contribution in [3.63, 3.8) is 0 Å². The van der Waals surface area contributed by atoms with Crippen LogP contribution in [-0.4, -0.2) is 36.1 Å². The van der Waals surface area contributed by atoms with Crippen molar-refractivity contribution in [3.8, 4) is 11.1 Å². The Morgan fingerprint density at radius 2 is 1.34 bits per heavy atom. The molecule has 0 aliphatic carbocycles. The lowest BCUT2D eigenvalue weighted by Gasteiger charge is -2.24. The van der Waals surface area contributed by atoms with E-state index in [-0.39, 0.29) is 24.0 Å². The lowest BCUT2D eigenvalue weighted by molar-refractivity contribution is -0.121.